The topological polar surface area (TPSA) is 13.1 Å². The fraction of sp³-hybridized carbons (Fsp3) is 0.130. The van der Waals surface area contributed by atoms with Crippen molar-refractivity contribution >= 4 is 38.1 Å². The first-order valence-corrected chi connectivity index (χ1v) is 9.70. The Kier molecular flexibility index (Phi) is 3.26. The van der Waals surface area contributed by atoms with E-state index in [0.29, 0.717) is 0 Å². The van der Waals surface area contributed by atoms with Gasteiger partial charge in [-0.05, 0) is 64.2 Å². The minimum atomic E-state index is 0.254. The Balaban J connectivity index is 1.81. The summed E-state index contributed by atoms with van der Waals surface area (Å²) in [5.74, 6) is 2.21. The van der Waals surface area contributed by atoms with E-state index in [4.69, 9.17) is 4.42 Å². The maximum atomic E-state index is 6.03. The Morgan fingerprint density at radius 3 is 2.80 bits per heavy atom. The number of hydrogen-bond donors (Lipinski definition) is 0. The number of fused-ring (bicyclic) bond motifs is 2. The monoisotopic (exact) mass is 342 g/mol. The van der Waals surface area contributed by atoms with Crippen LogP contribution < -0.4 is 9.90 Å². The number of benzene rings is 1. The van der Waals surface area contributed by atoms with Gasteiger partial charge in [0.15, 0.2) is 0 Å². The smallest absolute Gasteiger partial charge is 0.131 e. The van der Waals surface area contributed by atoms with Gasteiger partial charge in [0.25, 0.3) is 0 Å². The lowest BCUT2D eigenvalue weighted by Crippen LogP contribution is -2.11. The standard InChI is InChI=1S/C23H19OP/c1-3-20-23(17-9-6-10-21(17)25-20)22-16-8-5-4-7-15(16)13-18(22)19-12-11-14(2)24-19/h3-13,22,25H,1-2H3. The predicted octanol–water partition coefficient (Wildman–Crippen LogP) is 4.91. The zero-order valence-electron chi connectivity index (χ0n) is 14.3. The van der Waals surface area contributed by atoms with E-state index in [9.17, 15) is 0 Å². The minimum absolute atomic E-state index is 0.254. The van der Waals surface area contributed by atoms with E-state index in [-0.39, 0.29) is 5.92 Å². The Morgan fingerprint density at radius 1 is 1.12 bits per heavy atom. The van der Waals surface area contributed by atoms with Crippen LogP contribution in [-0.4, -0.2) is 0 Å². The molecule has 2 heterocycles. The van der Waals surface area contributed by atoms with Gasteiger partial charge in [-0.15, -0.1) is 8.19 Å². The van der Waals surface area contributed by atoms with Crippen LogP contribution in [0.15, 0.2) is 46.9 Å². The van der Waals surface area contributed by atoms with Gasteiger partial charge in [-0.1, -0.05) is 48.6 Å². The van der Waals surface area contributed by atoms with E-state index in [0.717, 1.165) is 19.7 Å². The van der Waals surface area contributed by atoms with Crippen LogP contribution in [-0.2, 0) is 0 Å². The van der Waals surface area contributed by atoms with Crippen molar-refractivity contribution in [3.63, 3.8) is 0 Å². The van der Waals surface area contributed by atoms with E-state index < -0.39 is 0 Å². The van der Waals surface area contributed by atoms with Crippen LogP contribution in [0.2, 0.25) is 0 Å². The number of rotatable bonds is 2. The number of furan rings is 1. The molecular formula is C23H19OP. The highest BCUT2D eigenvalue weighted by Crippen LogP contribution is 2.46. The average Bonchev–Trinajstić information content (AvgIpc) is 3.35. The lowest BCUT2D eigenvalue weighted by atomic mass is 9.86. The van der Waals surface area contributed by atoms with E-state index in [1.54, 1.807) is 0 Å². The Labute approximate surface area is 148 Å². The fourth-order valence-electron chi connectivity index (χ4n) is 4.10. The highest BCUT2D eigenvalue weighted by molar-refractivity contribution is 7.28. The van der Waals surface area contributed by atoms with Gasteiger partial charge < -0.3 is 4.42 Å². The second-order valence-corrected chi connectivity index (χ2v) is 7.99. The summed E-state index contributed by atoms with van der Waals surface area (Å²) in [4.78, 5) is 2.95. The van der Waals surface area contributed by atoms with E-state index in [2.05, 4.69) is 73.7 Å². The van der Waals surface area contributed by atoms with Crippen molar-refractivity contribution in [2.75, 3.05) is 0 Å². The third kappa shape index (κ3) is 2.16. The summed E-state index contributed by atoms with van der Waals surface area (Å²) in [5, 5.41) is 0. The fourth-order valence-corrected chi connectivity index (χ4v) is 5.48. The molecule has 0 saturated heterocycles. The molecule has 1 aromatic carbocycles. The minimum Gasteiger partial charge on any atom is -0.462 e. The van der Waals surface area contributed by atoms with Crippen molar-refractivity contribution in [2.45, 2.75) is 19.8 Å². The molecule has 0 amide bonds. The van der Waals surface area contributed by atoms with Crippen molar-refractivity contribution in [3.05, 3.63) is 86.1 Å². The van der Waals surface area contributed by atoms with Gasteiger partial charge in [0.1, 0.15) is 11.5 Å². The summed E-state index contributed by atoms with van der Waals surface area (Å²) in [6.07, 6.45) is 11.3. The molecule has 2 heteroatoms. The summed E-state index contributed by atoms with van der Waals surface area (Å²) >= 11 is 0. The highest BCUT2D eigenvalue weighted by atomic mass is 31.0. The molecule has 0 bridgehead atoms. The Bertz CT molecular complexity index is 1170. The SMILES string of the molecule is CC=c1[pH]c2c(c1C1C(c3ccc(C)o3)=Cc3ccccc31)C=CC=2. The lowest BCUT2D eigenvalue weighted by Gasteiger charge is -2.17. The normalized spacial score (nSPS) is 18.6. The second-order valence-electron chi connectivity index (χ2n) is 6.67. The predicted molar refractivity (Wildman–Crippen MR) is 108 cm³/mol. The first kappa shape index (κ1) is 14.8. The molecule has 0 fully saturated rings. The van der Waals surface area contributed by atoms with Crippen LogP contribution in [0.3, 0.4) is 0 Å². The zero-order valence-corrected chi connectivity index (χ0v) is 15.3. The molecule has 2 aliphatic carbocycles. The molecule has 2 atom stereocenters. The van der Waals surface area contributed by atoms with Gasteiger partial charge in [0, 0.05) is 11.5 Å². The van der Waals surface area contributed by atoms with Crippen LogP contribution in [0.5, 0.6) is 0 Å². The molecule has 0 spiro atoms. The van der Waals surface area contributed by atoms with Gasteiger partial charge in [-0.3, -0.25) is 0 Å². The summed E-state index contributed by atoms with van der Waals surface area (Å²) in [6.45, 7) is 4.17. The second kappa shape index (κ2) is 5.51. The molecule has 0 aliphatic heterocycles. The maximum Gasteiger partial charge on any atom is 0.131 e. The molecule has 122 valence electrons. The van der Waals surface area contributed by atoms with Crippen molar-refractivity contribution in [3.8, 4) is 0 Å². The van der Waals surface area contributed by atoms with E-state index >= 15 is 0 Å². The van der Waals surface area contributed by atoms with Gasteiger partial charge in [-0.25, -0.2) is 0 Å². The molecule has 1 nitrogen and oxygen atoms in total. The molecule has 2 aromatic heterocycles. The lowest BCUT2D eigenvalue weighted by molar-refractivity contribution is 0.519. The first-order chi connectivity index (χ1) is 12.3. The van der Waals surface area contributed by atoms with Crippen molar-refractivity contribution in [1.29, 1.82) is 0 Å². The molecule has 3 aromatic rings. The molecule has 0 saturated carbocycles. The van der Waals surface area contributed by atoms with Crippen LogP contribution in [0.25, 0.3) is 29.9 Å². The van der Waals surface area contributed by atoms with Gasteiger partial charge >= 0.3 is 0 Å². The molecule has 0 radical (unpaired) electrons. The summed E-state index contributed by atoms with van der Waals surface area (Å²) < 4.78 is 6.03. The summed E-state index contributed by atoms with van der Waals surface area (Å²) in [7, 11) is 0.758. The number of hydrogen-bond acceptors (Lipinski definition) is 1. The average molecular weight is 342 g/mol. The number of aryl methyl sites for hydroxylation is 1. The number of allylic oxidation sites excluding steroid dienone is 2. The van der Waals surface area contributed by atoms with Crippen LogP contribution in [0, 0.1) is 6.92 Å². The third-order valence-electron chi connectivity index (χ3n) is 5.20. The quantitative estimate of drug-likeness (QED) is 0.645. The van der Waals surface area contributed by atoms with Gasteiger partial charge in [-0.2, -0.15) is 0 Å². The van der Waals surface area contributed by atoms with Gasteiger partial charge in [0.05, 0.1) is 0 Å². The van der Waals surface area contributed by atoms with Crippen LogP contribution >= 0.6 is 8.19 Å². The molecule has 0 N–H and O–H groups in total. The highest BCUT2D eigenvalue weighted by Gasteiger charge is 2.32. The maximum absolute atomic E-state index is 6.03. The summed E-state index contributed by atoms with van der Waals surface area (Å²) in [6, 6.07) is 12.9. The van der Waals surface area contributed by atoms with Crippen molar-refractivity contribution in [1.82, 2.24) is 0 Å². The summed E-state index contributed by atoms with van der Waals surface area (Å²) in [5.41, 5.74) is 6.86. The van der Waals surface area contributed by atoms with E-state index in [1.165, 1.54) is 37.7 Å². The van der Waals surface area contributed by atoms with Crippen molar-refractivity contribution in [2.24, 2.45) is 0 Å². The molecule has 2 unspecified atom stereocenters. The van der Waals surface area contributed by atoms with Crippen LogP contribution in [0.1, 0.15) is 46.6 Å². The zero-order chi connectivity index (χ0) is 17.0. The molecular weight excluding hydrogens is 323 g/mol. The molecule has 25 heavy (non-hydrogen) atoms. The Hall–Kier alpha value is -2.50. The van der Waals surface area contributed by atoms with E-state index in [1.807, 2.05) is 6.92 Å². The Morgan fingerprint density at radius 2 is 2.00 bits per heavy atom. The van der Waals surface area contributed by atoms with Crippen molar-refractivity contribution < 1.29 is 4.42 Å². The third-order valence-corrected chi connectivity index (χ3v) is 6.73. The first-order valence-electron chi connectivity index (χ1n) is 8.70. The molecule has 2 aliphatic rings. The van der Waals surface area contributed by atoms with Gasteiger partial charge in [0.2, 0.25) is 0 Å². The van der Waals surface area contributed by atoms with Crippen LogP contribution in [0.4, 0.5) is 0 Å². The largest absolute Gasteiger partial charge is 0.462 e. The molecule has 5 rings (SSSR count).